The Bertz CT molecular complexity index is 350. The lowest BCUT2D eigenvalue weighted by molar-refractivity contribution is -0.143. The molecule has 0 aromatic carbocycles. The Hall–Kier alpha value is -1.58. The standard InChI is InChI=1S/C12H18N2O4/c1-3-5-13-11(15)6-14(4-2)10-8-18-7-9(10)12(16)17/h1,9-10H,4-8H2,2H3,(H,13,15)(H,16,17). The second-order valence-electron chi connectivity index (χ2n) is 4.09. The van der Waals surface area contributed by atoms with Gasteiger partial charge < -0.3 is 15.2 Å². The Labute approximate surface area is 106 Å². The average Bonchev–Trinajstić information content (AvgIpc) is 2.82. The van der Waals surface area contributed by atoms with Crippen molar-refractivity contribution in [2.75, 3.05) is 32.8 Å². The van der Waals surface area contributed by atoms with Crippen LogP contribution in [0.15, 0.2) is 0 Å². The molecule has 1 rings (SSSR count). The number of terminal acetylenes is 1. The van der Waals surface area contributed by atoms with Crippen molar-refractivity contribution in [3.63, 3.8) is 0 Å². The van der Waals surface area contributed by atoms with Gasteiger partial charge in [0.1, 0.15) is 0 Å². The van der Waals surface area contributed by atoms with Crippen LogP contribution >= 0.6 is 0 Å². The highest BCUT2D eigenvalue weighted by atomic mass is 16.5. The number of carboxylic acids is 1. The summed E-state index contributed by atoms with van der Waals surface area (Å²) in [6, 6.07) is -0.260. The van der Waals surface area contributed by atoms with Gasteiger partial charge in [-0.25, -0.2) is 0 Å². The van der Waals surface area contributed by atoms with Crippen LogP contribution in [-0.4, -0.2) is 60.8 Å². The molecular formula is C12H18N2O4. The van der Waals surface area contributed by atoms with Crippen LogP contribution in [0.3, 0.4) is 0 Å². The van der Waals surface area contributed by atoms with Gasteiger partial charge in [0.25, 0.3) is 0 Å². The van der Waals surface area contributed by atoms with Crippen molar-refractivity contribution in [1.29, 1.82) is 0 Å². The zero-order valence-electron chi connectivity index (χ0n) is 10.4. The van der Waals surface area contributed by atoms with Gasteiger partial charge in [-0.15, -0.1) is 6.42 Å². The third-order valence-corrected chi connectivity index (χ3v) is 2.98. The second kappa shape index (κ2) is 6.99. The summed E-state index contributed by atoms with van der Waals surface area (Å²) in [5, 5.41) is 11.6. The molecule has 1 saturated heterocycles. The molecule has 18 heavy (non-hydrogen) atoms. The summed E-state index contributed by atoms with van der Waals surface area (Å²) in [4.78, 5) is 24.4. The van der Waals surface area contributed by atoms with Crippen molar-refractivity contribution in [2.45, 2.75) is 13.0 Å². The lowest BCUT2D eigenvalue weighted by Gasteiger charge is -2.28. The maximum absolute atomic E-state index is 11.6. The molecule has 100 valence electrons. The first kappa shape index (κ1) is 14.5. The SMILES string of the molecule is C#CCNC(=O)CN(CC)C1COCC1C(=O)O. The van der Waals surface area contributed by atoms with Crippen molar-refractivity contribution in [3.8, 4) is 12.3 Å². The van der Waals surface area contributed by atoms with E-state index >= 15 is 0 Å². The summed E-state index contributed by atoms with van der Waals surface area (Å²) < 4.78 is 5.19. The Morgan fingerprint density at radius 1 is 1.56 bits per heavy atom. The van der Waals surface area contributed by atoms with Gasteiger partial charge >= 0.3 is 5.97 Å². The first-order valence-electron chi connectivity index (χ1n) is 5.84. The smallest absolute Gasteiger partial charge is 0.310 e. The highest BCUT2D eigenvalue weighted by Crippen LogP contribution is 2.19. The quantitative estimate of drug-likeness (QED) is 0.604. The number of carbonyl (C=O) groups is 2. The molecule has 0 aliphatic carbocycles. The number of hydrogen-bond acceptors (Lipinski definition) is 4. The Morgan fingerprint density at radius 3 is 2.83 bits per heavy atom. The number of hydrogen-bond donors (Lipinski definition) is 2. The van der Waals surface area contributed by atoms with E-state index in [9.17, 15) is 9.59 Å². The van der Waals surface area contributed by atoms with Gasteiger partial charge in [0, 0.05) is 6.04 Å². The summed E-state index contributed by atoms with van der Waals surface area (Å²) in [6.45, 7) is 3.32. The van der Waals surface area contributed by atoms with Gasteiger partial charge in [-0.2, -0.15) is 0 Å². The second-order valence-corrected chi connectivity index (χ2v) is 4.09. The minimum Gasteiger partial charge on any atom is -0.481 e. The molecule has 0 saturated carbocycles. The van der Waals surface area contributed by atoms with Gasteiger partial charge in [0.05, 0.1) is 32.2 Å². The summed E-state index contributed by atoms with van der Waals surface area (Å²) in [5.41, 5.74) is 0. The lowest BCUT2D eigenvalue weighted by Crippen LogP contribution is -2.47. The molecule has 1 aliphatic heterocycles. The monoisotopic (exact) mass is 254 g/mol. The molecule has 0 spiro atoms. The van der Waals surface area contributed by atoms with E-state index in [-0.39, 0.29) is 31.6 Å². The number of ether oxygens (including phenoxy) is 1. The topological polar surface area (TPSA) is 78.9 Å². The van der Waals surface area contributed by atoms with Gasteiger partial charge in [-0.05, 0) is 6.54 Å². The maximum Gasteiger partial charge on any atom is 0.310 e. The Kier molecular flexibility index (Phi) is 5.62. The molecular weight excluding hydrogens is 236 g/mol. The Morgan fingerprint density at radius 2 is 2.28 bits per heavy atom. The molecule has 1 aliphatic rings. The van der Waals surface area contributed by atoms with E-state index in [0.29, 0.717) is 13.2 Å². The van der Waals surface area contributed by atoms with E-state index in [1.54, 1.807) is 4.90 Å². The number of amides is 1. The number of carboxylic acid groups (broad SMARTS) is 1. The highest BCUT2D eigenvalue weighted by Gasteiger charge is 2.37. The van der Waals surface area contributed by atoms with E-state index in [0.717, 1.165) is 0 Å². The number of likely N-dealkylation sites (N-methyl/N-ethyl adjacent to an activating group) is 1. The van der Waals surface area contributed by atoms with Crippen LogP contribution in [0.1, 0.15) is 6.92 Å². The summed E-state index contributed by atoms with van der Waals surface area (Å²) in [7, 11) is 0. The fraction of sp³-hybridized carbons (Fsp3) is 0.667. The predicted octanol–water partition coefficient (Wildman–Crippen LogP) is -0.843. The fourth-order valence-corrected chi connectivity index (χ4v) is 1.99. The van der Waals surface area contributed by atoms with Gasteiger partial charge in [-0.1, -0.05) is 12.8 Å². The van der Waals surface area contributed by atoms with E-state index in [4.69, 9.17) is 16.3 Å². The first-order chi connectivity index (χ1) is 8.60. The molecule has 0 aromatic rings. The van der Waals surface area contributed by atoms with Crippen molar-refractivity contribution in [2.24, 2.45) is 5.92 Å². The molecule has 2 atom stereocenters. The van der Waals surface area contributed by atoms with Gasteiger partial charge in [0.15, 0.2) is 0 Å². The first-order valence-corrected chi connectivity index (χ1v) is 5.84. The molecule has 0 bridgehead atoms. The maximum atomic E-state index is 11.6. The molecule has 2 unspecified atom stereocenters. The number of nitrogens with zero attached hydrogens (tertiary/aromatic N) is 1. The van der Waals surface area contributed by atoms with E-state index < -0.39 is 11.9 Å². The number of aliphatic carboxylic acids is 1. The Balaban J connectivity index is 2.57. The predicted molar refractivity (Wildman–Crippen MR) is 64.8 cm³/mol. The fourth-order valence-electron chi connectivity index (χ4n) is 1.99. The number of carbonyl (C=O) groups excluding carboxylic acids is 1. The molecule has 2 N–H and O–H groups in total. The van der Waals surface area contributed by atoms with Crippen LogP contribution in [0.5, 0.6) is 0 Å². The minimum atomic E-state index is -0.889. The number of rotatable bonds is 6. The zero-order valence-corrected chi connectivity index (χ0v) is 10.4. The molecule has 1 heterocycles. The zero-order chi connectivity index (χ0) is 13.5. The van der Waals surface area contributed by atoms with Crippen LogP contribution < -0.4 is 5.32 Å². The summed E-state index contributed by atoms with van der Waals surface area (Å²) in [6.07, 6.45) is 5.05. The van der Waals surface area contributed by atoms with E-state index in [1.165, 1.54) is 0 Å². The highest BCUT2D eigenvalue weighted by molar-refractivity contribution is 5.78. The molecule has 6 nitrogen and oxygen atoms in total. The normalized spacial score (nSPS) is 22.7. The van der Waals surface area contributed by atoms with Crippen LogP contribution in [0.4, 0.5) is 0 Å². The number of nitrogens with one attached hydrogen (secondary N) is 1. The lowest BCUT2D eigenvalue weighted by atomic mass is 10.0. The minimum absolute atomic E-state index is 0.135. The van der Waals surface area contributed by atoms with Crippen molar-refractivity contribution >= 4 is 11.9 Å². The van der Waals surface area contributed by atoms with Crippen LogP contribution in [0.2, 0.25) is 0 Å². The molecule has 1 fully saturated rings. The van der Waals surface area contributed by atoms with Crippen LogP contribution in [-0.2, 0) is 14.3 Å². The third-order valence-electron chi connectivity index (χ3n) is 2.98. The van der Waals surface area contributed by atoms with Crippen molar-refractivity contribution < 1.29 is 19.4 Å². The van der Waals surface area contributed by atoms with Gasteiger partial charge in [-0.3, -0.25) is 14.5 Å². The summed E-state index contributed by atoms with van der Waals surface area (Å²) in [5.74, 6) is 0.647. The van der Waals surface area contributed by atoms with Crippen molar-refractivity contribution in [1.82, 2.24) is 10.2 Å². The van der Waals surface area contributed by atoms with Crippen LogP contribution in [0, 0.1) is 18.3 Å². The summed E-state index contributed by atoms with van der Waals surface area (Å²) >= 11 is 0. The third kappa shape index (κ3) is 3.72. The van der Waals surface area contributed by atoms with E-state index in [1.807, 2.05) is 6.92 Å². The van der Waals surface area contributed by atoms with E-state index in [2.05, 4.69) is 11.2 Å². The largest absolute Gasteiger partial charge is 0.481 e. The average molecular weight is 254 g/mol. The van der Waals surface area contributed by atoms with Crippen molar-refractivity contribution in [3.05, 3.63) is 0 Å². The molecule has 0 radical (unpaired) electrons. The van der Waals surface area contributed by atoms with Gasteiger partial charge in [0.2, 0.25) is 5.91 Å². The van der Waals surface area contributed by atoms with Crippen LogP contribution in [0.25, 0.3) is 0 Å². The molecule has 1 amide bonds. The molecule has 0 aromatic heterocycles. The molecule has 6 heteroatoms.